The lowest BCUT2D eigenvalue weighted by Crippen LogP contribution is -2.33. The molecule has 1 atom stereocenters. The third-order valence-corrected chi connectivity index (χ3v) is 2.67. The normalized spacial score (nSPS) is 13.4. The summed E-state index contributed by atoms with van der Waals surface area (Å²) >= 11 is 0. The lowest BCUT2D eigenvalue weighted by atomic mass is 10.0. The van der Waals surface area contributed by atoms with Crippen LogP contribution in [0.15, 0.2) is 24.3 Å². The van der Waals surface area contributed by atoms with Crippen molar-refractivity contribution < 1.29 is 4.39 Å². The van der Waals surface area contributed by atoms with Crippen LogP contribution in [0.4, 0.5) is 4.39 Å². The molecule has 1 rings (SSSR count). The molecule has 16 heavy (non-hydrogen) atoms. The molecule has 0 aliphatic carbocycles. The van der Waals surface area contributed by atoms with E-state index >= 15 is 0 Å². The molecule has 0 saturated carbocycles. The molecular formula is C13H21FN2. The Morgan fingerprint density at radius 1 is 1.31 bits per heavy atom. The minimum Gasteiger partial charge on any atom is -0.329 e. The van der Waals surface area contributed by atoms with Gasteiger partial charge in [0.2, 0.25) is 0 Å². The monoisotopic (exact) mass is 224 g/mol. The van der Waals surface area contributed by atoms with Crippen molar-refractivity contribution in [2.75, 3.05) is 20.1 Å². The van der Waals surface area contributed by atoms with Gasteiger partial charge in [-0.15, -0.1) is 0 Å². The second kappa shape index (κ2) is 5.97. The molecule has 0 aliphatic heterocycles. The van der Waals surface area contributed by atoms with E-state index in [0.717, 1.165) is 6.54 Å². The van der Waals surface area contributed by atoms with Crippen LogP contribution in [-0.4, -0.2) is 25.0 Å². The fourth-order valence-electron chi connectivity index (χ4n) is 1.99. The van der Waals surface area contributed by atoms with Gasteiger partial charge >= 0.3 is 0 Å². The van der Waals surface area contributed by atoms with Crippen LogP contribution in [0, 0.1) is 11.7 Å². The topological polar surface area (TPSA) is 29.3 Å². The molecule has 0 saturated heterocycles. The summed E-state index contributed by atoms with van der Waals surface area (Å²) < 4.78 is 13.6. The van der Waals surface area contributed by atoms with Gasteiger partial charge in [0, 0.05) is 24.7 Å². The predicted molar refractivity (Wildman–Crippen MR) is 65.7 cm³/mol. The Kier molecular flexibility index (Phi) is 4.90. The summed E-state index contributed by atoms with van der Waals surface area (Å²) in [5.74, 6) is 0.374. The summed E-state index contributed by atoms with van der Waals surface area (Å²) in [5, 5.41) is 0. The van der Waals surface area contributed by atoms with Gasteiger partial charge in [0.15, 0.2) is 0 Å². The summed E-state index contributed by atoms with van der Waals surface area (Å²) in [6, 6.07) is 6.81. The maximum atomic E-state index is 13.6. The number of rotatable bonds is 5. The number of nitrogens with two attached hydrogens (primary N) is 1. The molecule has 0 amide bonds. The van der Waals surface area contributed by atoms with Crippen LogP contribution in [0.1, 0.15) is 25.5 Å². The smallest absolute Gasteiger partial charge is 0.128 e. The molecule has 3 heteroatoms. The Labute approximate surface area is 97.3 Å². The predicted octanol–water partition coefficient (Wildman–Crippen LogP) is 2.41. The minimum atomic E-state index is -0.173. The van der Waals surface area contributed by atoms with Gasteiger partial charge in [0.1, 0.15) is 5.82 Å². The molecule has 0 spiro atoms. The molecule has 0 radical (unpaired) electrons. The van der Waals surface area contributed by atoms with Gasteiger partial charge in [-0.05, 0) is 19.0 Å². The summed E-state index contributed by atoms with van der Waals surface area (Å²) in [5.41, 5.74) is 6.43. The van der Waals surface area contributed by atoms with Crippen LogP contribution in [0.5, 0.6) is 0 Å². The van der Waals surface area contributed by atoms with Gasteiger partial charge in [-0.25, -0.2) is 4.39 Å². The third-order valence-electron chi connectivity index (χ3n) is 2.67. The average Bonchev–Trinajstić information content (AvgIpc) is 2.20. The number of hydrogen-bond donors (Lipinski definition) is 1. The fourth-order valence-corrected chi connectivity index (χ4v) is 1.99. The molecule has 0 heterocycles. The van der Waals surface area contributed by atoms with Crippen molar-refractivity contribution in [2.24, 2.45) is 11.7 Å². The van der Waals surface area contributed by atoms with Crippen molar-refractivity contribution in [3.63, 3.8) is 0 Å². The highest BCUT2D eigenvalue weighted by Gasteiger charge is 2.18. The van der Waals surface area contributed by atoms with E-state index in [2.05, 4.69) is 18.7 Å². The van der Waals surface area contributed by atoms with E-state index in [1.54, 1.807) is 6.07 Å². The Hall–Kier alpha value is -0.930. The van der Waals surface area contributed by atoms with Crippen molar-refractivity contribution in [1.29, 1.82) is 0 Å². The zero-order chi connectivity index (χ0) is 12.1. The van der Waals surface area contributed by atoms with Crippen LogP contribution in [0.3, 0.4) is 0 Å². The van der Waals surface area contributed by atoms with Gasteiger partial charge < -0.3 is 5.73 Å². The van der Waals surface area contributed by atoms with Crippen LogP contribution < -0.4 is 5.73 Å². The summed E-state index contributed by atoms with van der Waals surface area (Å²) in [6.45, 7) is 5.64. The molecule has 0 fully saturated rings. The molecule has 2 nitrogen and oxygen atoms in total. The van der Waals surface area contributed by atoms with Gasteiger partial charge in [-0.2, -0.15) is 0 Å². The first-order chi connectivity index (χ1) is 7.56. The zero-order valence-corrected chi connectivity index (χ0v) is 10.3. The number of halogens is 1. The lowest BCUT2D eigenvalue weighted by Gasteiger charge is -2.29. The quantitative estimate of drug-likeness (QED) is 0.832. The van der Waals surface area contributed by atoms with Gasteiger partial charge in [0.25, 0.3) is 0 Å². The Morgan fingerprint density at radius 2 is 1.94 bits per heavy atom. The zero-order valence-electron chi connectivity index (χ0n) is 10.3. The van der Waals surface area contributed by atoms with E-state index in [0.29, 0.717) is 18.0 Å². The van der Waals surface area contributed by atoms with E-state index in [1.807, 2.05) is 19.2 Å². The number of hydrogen-bond acceptors (Lipinski definition) is 2. The van der Waals surface area contributed by atoms with Gasteiger partial charge in [-0.1, -0.05) is 32.0 Å². The van der Waals surface area contributed by atoms with Crippen molar-refractivity contribution in [3.05, 3.63) is 35.6 Å². The number of benzene rings is 1. The molecule has 1 aromatic carbocycles. The maximum Gasteiger partial charge on any atom is 0.128 e. The largest absolute Gasteiger partial charge is 0.329 e. The van der Waals surface area contributed by atoms with Crippen molar-refractivity contribution in [3.8, 4) is 0 Å². The third kappa shape index (κ3) is 3.29. The first kappa shape index (κ1) is 13.1. The Bertz CT molecular complexity index is 325. The fraction of sp³-hybridized carbons (Fsp3) is 0.538. The van der Waals surface area contributed by atoms with Gasteiger partial charge in [-0.3, -0.25) is 4.90 Å². The molecule has 90 valence electrons. The number of nitrogens with zero attached hydrogens (tertiary/aromatic N) is 1. The minimum absolute atomic E-state index is 0.0383. The number of likely N-dealkylation sites (N-methyl/N-ethyl adjacent to an activating group) is 1. The molecule has 0 aromatic heterocycles. The van der Waals surface area contributed by atoms with Crippen molar-refractivity contribution >= 4 is 0 Å². The first-order valence-electron chi connectivity index (χ1n) is 5.71. The van der Waals surface area contributed by atoms with E-state index in [9.17, 15) is 4.39 Å². The highest BCUT2D eigenvalue weighted by molar-refractivity contribution is 5.21. The highest BCUT2D eigenvalue weighted by atomic mass is 19.1. The summed E-state index contributed by atoms with van der Waals surface area (Å²) in [6.07, 6.45) is 0. The van der Waals surface area contributed by atoms with E-state index in [-0.39, 0.29) is 11.9 Å². The molecule has 0 aliphatic rings. The van der Waals surface area contributed by atoms with Gasteiger partial charge in [0.05, 0.1) is 0 Å². The average molecular weight is 224 g/mol. The van der Waals surface area contributed by atoms with E-state index in [4.69, 9.17) is 5.73 Å². The molecule has 2 N–H and O–H groups in total. The second-order valence-electron chi connectivity index (χ2n) is 4.61. The summed E-state index contributed by atoms with van der Waals surface area (Å²) in [7, 11) is 1.99. The van der Waals surface area contributed by atoms with Crippen LogP contribution in [-0.2, 0) is 0 Å². The standard InChI is InChI=1S/C13H21FN2/c1-10(2)9-16(3)13(8-15)11-6-4-5-7-12(11)14/h4-7,10,13H,8-9,15H2,1-3H3. The van der Waals surface area contributed by atoms with Crippen molar-refractivity contribution in [2.45, 2.75) is 19.9 Å². The van der Waals surface area contributed by atoms with E-state index < -0.39 is 0 Å². The maximum absolute atomic E-state index is 13.6. The second-order valence-corrected chi connectivity index (χ2v) is 4.61. The highest BCUT2D eigenvalue weighted by Crippen LogP contribution is 2.21. The lowest BCUT2D eigenvalue weighted by molar-refractivity contribution is 0.219. The van der Waals surface area contributed by atoms with E-state index in [1.165, 1.54) is 6.07 Å². The van der Waals surface area contributed by atoms with Crippen LogP contribution in [0.25, 0.3) is 0 Å². The van der Waals surface area contributed by atoms with Crippen LogP contribution in [0.2, 0.25) is 0 Å². The Morgan fingerprint density at radius 3 is 2.44 bits per heavy atom. The summed E-state index contributed by atoms with van der Waals surface area (Å²) in [4.78, 5) is 2.11. The molecular weight excluding hydrogens is 203 g/mol. The molecule has 0 bridgehead atoms. The molecule has 1 aromatic rings. The SMILES string of the molecule is CC(C)CN(C)C(CN)c1ccccc1F. The van der Waals surface area contributed by atoms with Crippen molar-refractivity contribution in [1.82, 2.24) is 4.90 Å². The first-order valence-corrected chi connectivity index (χ1v) is 5.71. The molecule has 1 unspecified atom stereocenters. The van der Waals surface area contributed by atoms with Crippen LogP contribution >= 0.6 is 0 Å². The Balaban J connectivity index is 2.86.